The molecule has 1 saturated heterocycles. The van der Waals surface area contributed by atoms with E-state index in [1.807, 2.05) is 45.0 Å². The van der Waals surface area contributed by atoms with Crippen molar-refractivity contribution in [1.29, 1.82) is 0 Å². The van der Waals surface area contributed by atoms with Crippen molar-refractivity contribution >= 4 is 23.4 Å². The van der Waals surface area contributed by atoms with Gasteiger partial charge in [0.2, 0.25) is 0 Å². The zero-order chi connectivity index (χ0) is 16.3. The lowest BCUT2D eigenvalue weighted by Crippen LogP contribution is -2.48. The van der Waals surface area contributed by atoms with Crippen molar-refractivity contribution < 1.29 is 9.53 Å². The highest BCUT2D eigenvalue weighted by atomic mass is 35.5. The van der Waals surface area contributed by atoms with Crippen LogP contribution in [-0.4, -0.2) is 35.7 Å². The van der Waals surface area contributed by atoms with E-state index in [-0.39, 0.29) is 6.09 Å². The van der Waals surface area contributed by atoms with Crippen molar-refractivity contribution in [3.05, 3.63) is 29.3 Å². The second kappa shape index (κ2) is 6.78. The number of carbonyl (C=O) groups excluding carboxylic acids is 1. The number of likely N-dealkylation sites (tertiary alicyclic amines) is 1. The number of piperidine rings is 1. The molecular weight excluding hydrogens is 300 g/mol. The Labute approximate surface area is 137 Å². The molecule has 0 aliphatic carbocycles. The van der Waals surface area contributed by atoms with Crippen LogP contribution in [0.2, 0.25) is 5.02 Å². The number of ether oxygens (including phenoxy) is 1. The van der Waals surface area contributed by atoms with Gasteiger partial charge in [0, 0.05) is 29.8 Å². The van der Waals surface area contributed by atoms with Gasteiger partial charge >= 0.3 is 6.09 Å². The average molecular weight is 325 g/mol. The predicted molar refractivity (Wildman–Crippen MR) is 90.5 cm³/mol. The summed E-state index contributed by atoms with van der Waals surface area (Å²) in [7, 11) is 0. The third-order valence-corrected chi connectivity index (χ3v) is 4.01. The lowest BCUT2D eigenvalue weighted by atomic mass is 9.94. The number of rotatable bonds is 2. The van der Waals surface area contributed by atoms with Gasteiger partial charge < -0.3 is 15.0 Å². The number of benzene rings is 1. The molecule has 22 heavy (non-hydrogen) atoms. The number of hydrogen-bond acceptors (Lipinski definition) is 3. The lowest BCUT2D eigenvalue weighted by molar-refractivity contribution is 0.0165. The molecule has 1 N–H and O–H groups in total. The van der Waals surface area contributed by atoms with Crippen LogP contribution in [0.5, 0.6) is 0 Å². The van der Waals surface area contributed by atoms with Crippen molar-refractivity contribution in [3.63, 3.8) is 0 Å². The summed E-state index contributed by atoms with van der Waals surface area (Å²) in [4.78, 5) is 13.9. The Balaban J connectivity index is 1.90. The van der Waals surface area contributed by atoms with Gasteiger partial charge in [-0.3, -0.25) is 0 Å². The van der Waals surface area contributed by atoms with Gasteiger partial charge in [0.1, 0.15) is 5.60 Å². The number of hydrogen-bond donors (Lipinski definition) is 1. The summed E-state index contributed by atoms with van der Waals surface area (Å²) in [6, 6.07) is 8.07. The van der Waals surface area contributed by atoms with Gasteiger partial charge in [0.05, 0.1) is 0 Å². The molecule has 1 aliphatic rings. The Bertz CT molecular complexity index is 510. The fraction of sp³-hybridized carbons (Fsp3) is 0.588. The summed E-state index contributed by atoms with van der Waals surface area (Å²) in [5.74, 6) is 0.358. The summed E-state index contributed by atoms with van der Waals surface area (Å²) < 4.78 is 5.44. The molecule has 1 aliphatic heterocycles. The van der Waals surface area contributed by atoms with E-state index in [2.05, 4.69) is 12.2 Å². The summed E-state index contributed by atoms with van der Waals surface area (Å²) in [6.07, 6.45) is 0.688. The van der Waals surface area contributed by atoms with E-state index in [0.29, 0.717) is 25.0 Å². The van der Waals surface area contributed by atoms with Crippen LogP contribution >= 0.6 is 11.6 Å². The van der Waals surface area contributed by atoms with E-state index in [1.54, 1.807) is 4.90 Å². The average Bonchev–Trinajstić information content (AvgIpc) is 2.41. The van der Waals surface area contributed by atoms with E-state index in [4.69, 9.17) is 16.3 Å². The van der Waals surface area contributed by atoms with Crippen molar-refractivity contribution in [1.82, 2.24) is 4.90 Å². The minimum atomic E-state index is -0.446. The zero-order valence-corrected chi connectivity index (χ0v) is 14.5. The monoisotopic (exact) mass is 324 g/mol. The quantitative estimate of drug-likeness (QED) is 0.876. The first-order valence-electron chi connectivity index (χ1n) is 7.74. The largest absolute Gasteiger partial charge is 0.444 e. The van der Waals surface area contributed by atoms with E-state index in [9.17, 15) is 4.79 Å². The van der Waals surface area contributed by atoms with Gasteiger partial charge in [-0.25, -0.2) is 4.79 Å². The minimum Gasteiger partial charge on any atom is -0.444 e. The Hall–Kier alpha value is -1.42. The van der Waals surface area contributed by atoms with Crippen LogP contribution in [0.25, 0.3) is 0 Å². The molecule has 0 spiro atoms. The Morgan fingerprint density at radius 1 is 1.32 bits per heavy atom. The van der Waals surface area contributed by atoms with E-state index in [1.165, 1.54) is 0 Å². The van der Waals surface area contributed by atoms with E-state index >= 15 is 0 Å². The molecule has 2 atom stereocenters. The summed E-state index contributed by atoms with van der Waals surface area (Å²) in [5.41, 5.74) is 0.616. The summed E-state index contributed by atoms with van der Waals surface area (Å²) in [5, 5.41) is 4.26. The Morgan fingerprint density at radius 2 is 1.95 bits per heavy atom. The maximum atomic E-state index is 12.1. The standard InChI is InChI=1S/C17H25ClN2O2/c1-12-11-20(16(21)22-17(2,3)4)10-9-15(12)19-14-7-5-13(18)6-8-14/h5-8,12,15,19H,9-11H2,1-4H3/t12-,15-/m0/s1. The second-order valence-corrected chi connectivity index (χ2v) is 7.39. The molecule has 0 saturated carbocycles. The van der Waals surface area contributed by atoms with Crippen molar-refractivity contribution in [3.8, 4) is 0 Å². The van der Waals surface area contributed by atoms with Gasteiger partial charge in [0.15, 0.2) is 0 Å². The van der Waals surface area contributed by atoms with Crippen LogP contribution in [0.3, 0.4) is 0 Å². The van der Waals surface area contributed by atoms with Gasteiger partial charge in [-0.15, -0.1) is 0 Å². The number of nitrogens with zero attached hydrogens (tertiary/aromatic N) is 1. The first-order valence-corrected chi connectivity index (χ1v) is 8.12. The topological polar surface area (TPSA) is 41.6 Å². The maximum absolute atomic E-state index is 12.1. The number of anilines is 1. The van der Waals surface area contributed by atoms with Crippen molar-refractivity contribution in [2.24, 2.45) is 5.92 Å². The van der Waals surface area contributed by atoms with Crippen LogP contribution in [0.1, 0.15) is 34.1 Å². The molecule has 122 valence electrons. The molecular formula is C17H25ClN2O2. The van der Waals surface area contributed by atoms with Gasteiger partial charge in [0.25, 0.3) is 0 Å². The molecule has 2 rings (SSSR count). The maximum Gasteiger partial charge on any atom is 0.410 e. The molecule has 1 fully saturated rings. The highest BCUT2D eigenvalue weighted by Gasteiger charge is 2.31. The normalized spacial score (nSPS) is 22.3. The Morgan fingerprint density at radius 3 is 2.50 bits per heavy atom. The molecule has 0 aromatic heterocycles. The number of carbonyl (C=O) groups is 1. The van der Waals surface area contributed by atoms with Gasteiger partial charge in [-0.05, 0) is 57.4 Å². The summed E-state index contributed by atoms with van der Waals surface area (Å²) in [6.45, 7) is 9.25. The molecule has 1 aromatic carbocycles. The predicted octanol–water partition coefficient (Wildman–Crippen LogP) is 4.40. The first-order chi connectivity index (χ1) is 10.2. The molecule has 5 heteroatoms. The lowest BCUT2D eigenvalue weighted by Gasteiger charge is -2.38. The highest BCUT2D eigenvalue weighted by molar-refractivity contribution is 6.30. The van der Waals surface area contributed by atoms with Crippen molar-refractivity contribution in [2.75, 3.05) is 18.4 Å². The van der Waals surface area contributed by atoms with Gasteiger partial charge in [-0.1, -0.05) is 18.5 Å². The number of amides is 1. The van der Waals surface area contributed by atoms with Crippen LogP contribution in [0.15, 0.2) is 24.3 Å². The molecule has 1 aromatic rings. The van der Waals surface area contributed by atoms with Crippen LogP contribution in [0.4, 0.5) is 10.5 Å². The smallest absolute Gasteiger partial charge is 0.410 e. The molecule has 4 nitrogen and oxygen atoms in total. The fourth-order valence-electron chi connectivity index (χ4n) is 2.61. The third-order valence-electron chi connectivity index (χ3n) is 3.75. The third kappa shape index (κ3) is 4.80. The second-order valence-electron chi connectivity index (χ2n) is 6.95. The van der Waals surface area contributed by atoms with Crippen molar-refractivity contribution in [2.45, 2.75) is 45.8 Å². The molecule has 0 bridgehead atoms. The molecule has 1 heterocycles. The van der Waals surface area contributed by atoms with E-state index < -0.39 is 5.60 Å². The molecule has 1 amide bonds. The van der Waals surface area contributed by atoms with Gasteiger partial charge in [-0.2, -0.15) is 0 Å². The molecule has 0 radical (unpaired) electrons. The molecule has 0 unspecified atom stereocenters. The highest BCUT2D eigenvalue weighted by Crippen LogP contribution is 2.23. The fourth-order valence-corrected chi connectivity index (χ4v) is 2.74. The van der Waals surface area contributed by atoms with Crippen LogP contribution in [0, 0.1) is 5.92 Å². The minimum absolute atomic E-state index is 0.218. The first kappa shape index (κ1) is 16.9. The Kier molecular flexibility index (Phi) is 5.22. The van der Waals surface area contributed by atoms with E-state index in [0.717, 1.165) is 17.1 Å². The number of nitrogens with one attached hydrogen (secondary N) is 1. The SMILES string of the molecule is C[C@H]1CN(C(=O)OC(C)(C)C)CC[C@@H]1Nc1ccc(Cl)cc1. The van der Waals surface area contributed by atoms with Crippen LogP contribution in [-0.2, 0) is 4.74 Å². The zero-order valence-electron chi connectivity index (χ0n) is 13.7. The number of halogens is 1. The summed E-state index contributed by atoms with van der Waals surface area (Å²) >= 11 is 5.90. The van der Waals surface area contributed by atoms with Crippen LogP contribution < -0.4 is 5.32 Å².